The largest absolute Gasteiger partial charge is 0.489 e. The third-order valence-electron chi connectivity index (χ3n) is 4.93. The van der Waals surface area contributed by atoms with Gasteiger partial charge in [-0.3, -0.25) is 9.89 Å². The van der Waals surface area contributed by atoms with Crippen molar-refractivity contribution in [2.24, 2.45) is 0 Å². The molecule has 0 unspecified atom stereocenters. The molecule has 1 aromatic heterocycles. The van der Waals surface area contributed by atoms with E-state index in [-0.39, 0.29) is 11.8 Å². The first-order valence-electron chi connectivity index (χ1n) is 8.74. The summed E-state index contributed by atoms with van der Waals surface area (Å²) in [6.07, 6.45) is 0.387. The van der Waals surface area contributed by atoms with Crippen LogP contribution in [0.2, 0.25) is 0 Å². The van der Waals surface area contributed by atoms with E-state index >= 15 is 0 Å². The highest BCUT2D eigenvalue weighted by Crippen LogP contribution is 2.41. The molecule has 1 atom stereocenters. The SMILES string of the molecule is Cc1ccccc1COc1ccccc1[C@H]1CC(=O)Nc2n[nH]c(C)c21. The second kappa shape index (κ2) is 6.67. The zero-order valence-electron chi connectivity index (χ0n) is 14.9. The molecule has 0 fully saturated rings. The number of aryl methyl sites for hydroxylation is 2. The monoisotopic (exact) mass is 347 g/mol. The van der Waals surface area contributed by atoms with Crippen LogP contribution >= 0.6 is 0 Å². The second-order valence-electron chi connectivity index (χ2n) is 6.67. The molecule has 5 nitrogen and oxygen atoms in total. The number of hydrogen-bond donors (Lipinski definition) is 2. The molecule has 1 amide bonds. The summed E-state index contributed by atoms with van der Waals surface area (Å²) in [5.74, 6) is 1.34. The second-order valence-corrected chi connectivity index (χ2v) is 6.67. The first-order valence-corrected chi connectivity index (χ1v) is 8.74. The summed E-state index contributed by atoms with van der Waals surface area (Å²) in [4.78, 5) is 12.1. The van der Waals surface area contributed by atoms with Crippen molar-refractivity contribution in [3.05, 3.63) is 76.5 Å². The Labute approximate surface area is 152 Å². The number of anilines is 1. The van der Waals surface area contributed by atoms with Gasteiger partial charge in [-0.25, -0.2) is 0 Å². The van der Waals surface area contributed by atoms with Crippen molar-refractivity contribution in [2.75, 3.05) is 5.32 Å². The fourth-order valence-electron chi connectivity index (χ4n) is 3.52. The average Bonchev–Trinajstić information content (AvgIpc) is 3.01. The summed E-state index contributed by atoms with van der Waals surface area (Å²) < 4.78 is 6.16. The number of aromatic nitrogens is 2. The minimum Gasteiger partial charge on any atom is -0.489 e. The van der Waals surface area contributed by atoms with E-state index in [0.29, 0.717) is 18.8 Å². The third-order valence-corrected chi connectivity index (χ3v) is 4.93. The van der Waals surface area contributed by atoms with Crippen LogP contribution in [0.4, 0.5) is 5.82 Å². The summed E-state index contributed by atoms with van der Waals surface area (Å²) in [6.45, 7) is 4.56. The summed E-state index contributed by atoms with van der Waals surface area (Å²) in [7, 11) is 0. The molecule has 0 spiro atoms. The Bertz CT molecular complexity index is 961. The van der Waals surface area contributed by atoms with Crippen LogP contribution in [-0.4, -0.2) is 16.1 Å². The lowest BCUT2D eigenvalue weighted by Gasteiger charge is -2.25. The van der Waals surface area contributed by atoms with Crippen LogP contribution in [0.1, 0.15) is 40.3 Å². The normalized spacial score (nSPS) is 16.1. The highest BCUT2D eigenvalue weighted by molar-refractivity contribution is 5.94. The van der Waals surface area contributed by atoms with Crippen LogP contribution in [0.3, 0.4) is 0 Å². The summed E-state index contributed by atoms with van der Waals surface area (Å²) in [6, 6.07) is 16.1. The van der Waals surface area contributed by atoms with Gasteiger partial charge in [0.25, 0.3) is 0 Å². The minimum absolute atomic E-state index is 0.0253. The van der Waals surface area contributed by atoms with Crippen molar-refractivity contribution in [1.29, 1.82) is 0 Å². The highest BCUT2D eigenvalue weighted by Gasteiger charge is 2.32. The van der Waals surface area contributed by atoms with Crippen molar-refractivity contribution in [2.45, 2.75) is 32.8 Å². The molecule has 3 aromatic rings. The van der Waals surface area contributed by atoms with E-state index in [9.17, 15) is 4.79 Å². The molecule has 26 heavy (non-hydrogen) atoms. The van der Waals surface area contributed by atoms with Gasteiger partial charge < -0.3 is 10.1 Å². The maximum atomic E-state index is 12.1. The van der Waals surface area contributed by atoms with Gasteiger partial charge in [0.2, 0.25) is 5.91 Å². The molecule has 2 N–H and O–H groups in total. The number of nitrogens with zero attached hydrogens (tertiary/aromatic N) is 1. The molecule has 0 aliphatic carbocycles. The van der Waals surface area contributed by atoms with Crippen LogP contribution in [-0.2, 0) is 11.4 Å². The molecule has 0 saturated carbocycles. The molecule has 2 heterocycles. The summed E-state index contributed by atoms with van der Waals surface area (Å²) >= 11 is 0. The van der Waals surface area contributed by atoms with E-state index in [1.807, 2.05) is 43.3 Å². The standard InChI is InChI=1S/C21H21N3O2/c1-13-7-3-4-8-15(13)12-26-18-10-6-5-9-16(18)17-11-19(25)22-21-20(17)14(2)23-24-21/h3-10,17H,11-12H2,1-2H3,(H2,22,23,24,25)/t17-/m1/s1. The molecule has 2 aromatic carbocycles. The van der Waals surface area contributed by atoms with E-state index < -0.39 is 0 Å². The van der Waals surface area contributed by atoms with Crippen molar-refractivity contribution in [3.8, 4) is 5.75 Å². The van der Waals surface area contributed by atoms with Crippen LogP contribution in [0.5, 0.6) is 5.75 Å². The fraction of sp³-hybridized carbons (Fsp3) is 0.238. The quantitative estimate of drug-likeness (QED) is 0.747. The molecule has 1 aliphatic heterocycles. The van der Waals surface area contributed by atoms with Gasteiger partial charge in [-0.2, -0.15) is 5.10 Å². The van der Waals surface area contributed by atoms with Crippen molar-refractivity contribution in [1.82, 2.24) is 10.2 Å². The number of H-pyrrole nitrogens is 1. The fourth-order valence-corrected chi connectivity index (χ4v) is 3.52. The van der Waals surface area contributed by atoms with Gasteiger partial charge in [-0.1, -0.05) is 42.5 Å². The Balaban J connectivity index is 1.67. The Kier molecular flexibility index (Phi) is 4.21. The van der Waals surface area contributed by atoms with Crippen molar-refractivity contribution >= 4 is 11.7 Å². The number of para-hydroxylation sites is 1. The molecule has 0 saturated heterocycles. The third kappa shape index (κ3) is 2.96. The van der Waals surface area contributed by atoms with Gasteiger partial charge in [0.15, 0.2) is 5.82 Å². The number of carbonyl (C=O) groups is 1. The van der Waals surface area contributed by atoms with Gasteiger partial charge in [0.1, 0.15) is 12.4 Å². The number of amides is 1. The smallest absolute Gasteiger partial charge is 0.226 e. The van der Waals surface area contributed by atoms with E-state index in [2.05, 4.69) is 34.6 Å². The average molecular weight is 347 g/mol. The number of aromatic amines is 1. The number of rotatable bonds is 4. The van der Waals surface area contributed by atoms with Crippen molar-refractivity contribution in [3.63, 3.8) is 0 Å². The van der Waals surface area contributed by atoms with E-state index in [0.717, 1.165) is 28.1 Å². The van der Waals surface area contributed by atoms with Gasteiger partial charge >= 0.3 is 0 Å². The zero-order valence-corrected chi connectivity index (χ0v) is 14.9. The van der Waals surface area contributed by atoms with Gasteiger partial charge in [-0.15, -0.1) is 0 Å². The van der Waals surface area contributed by atoms with Crippen LogP contribution in [0.15, 0.2) is 48.5 Å². The lowest BCUT2D eigenvalue weighted by atomic mass is 9.85. The maximum absolute atomic E-state index is 12.1. The number of ether oxygens (including phenoxy) is 1. The van der Waals surface area contributed by atoms with Crippen molar-refractivity contribution < 1.29 is 9.53 Å². The number of benzene rings is 2. The van der Waals surface area contributed by atoms with Crippen LogP contribution in [0, 0.1) is 13.8 Å². The van der Waals surface area contributed by atoms with Gasteiger partial charge in [-0.05, 0) is 31.0 Å². The molecule has 0 bridgehead atoms. The van der Waals surface area contributed by atoms with Crippen LogP contribution < -0.4 is 10.1 Å². The molecule has 1 aliphatic rings. The molecular formula is C21H21N3O2. The van der Waals surface area contributed by atoms with Crippen LogP contribution in [0.25, 0.3) is 0 Å². The van der Waals surface area contributed by atoms with Gasteiger partial charge in [0.05, 0.1) is 0 Å². The number of fused-ring (bicyclic) bond motifs is 1. The van der Waals surface area contributed by atoms with E-state index in [1.54, 1.807) is 0 Å². The predicted octanol–water partition coefficient (Wildman–Crippen LogP) is 4.08. The molecular weight excluding hydrogens is 326 g/mol. The Morgan fingerprint density at radius 1 is 1.12 bits per heavy atom. The number of carbonyl (C=O) groups excluding carboxylic acids is 1. The predicted molar refractivity (Wildman–Crippen MR) is 100 cm³/mol. The first-order chi connectivity index (χ1) is 12.6. The highest BCUT2D eigenvalue weighted by atomic mass is 16.5. The number of hydrogen-bond acceptors (Lipinski definition) is 3. The Morgan fingerprint density at radius 2 is 1.88 bits per heavy atom. The van der Waals surface area contributed by atoms with E-state index in [4.69, 9.17) is 4.74 Å². The Morgan fingerprint density at radius 3 is 2.73 bits per heavy atom. The molecule has 4 rings (SSSR count). The minimum atomic E-state index is -0.0643. The zero-order chi connectivity index (χ0) is 18.1. The summed E-state index contributed by atoms with van der Waals surface area (Å²) in [5, 5.41) is 10.0. The molecule has 0 radical (unpaired) electrons. The van der Waals surface area contributed by atoms with Gasteiger partial charge in [0, 0.05) is 29.2 Å². The van der Waals surface area contributed by atoms with E-state index in [1.165, 1.54) is 5.56 Å². The molecule has 5 heteroatoms. The Hall–Kier alpha value is -3.08. The summed E-state index contributed by atoms with van der Waals surface area (Å²) in [5.41, 5.74) is 5.38. The first kappa shape index (κ1) is 16.4. The number of nitrogens with one attached hydrogen (secondary N) is 2. The topological polar surface area (TPSA) is 67.0 Å². The molecule has 132 valence electrons. The lowest BCUT2D eigenvalue weighted by Crippen LogP contribution is -2.23. The lowest BCUT2D eigenvalue weighted by molar-refractivity contribution is -0.116. The maximum Gasteiger partial charge on any atom is 0.226 e.